The van der Waals surface area contributed by atoms with Gasteiger partial charge in [-0.15, -0.1) is 0 Å². The van der Waals surface area contributed by atoms with Gasteiger partial charge in [-0.25, -0.2) is 0 Å². The van der Waals surface area contributed by atoms with Crippen molar-refractivity contribution in [2.75, 3.05) is 19.6 Å². The zero-order valence-electron chi connectivity index (χ0n) is 12.5. The molecule has 2 rings (SSSR count). The number of amides is 2. The van der Waals surface area contributed by atoms with Crippen molar-refractivity contribution in [3.63, 3.8) is 0 Å². The standard InChI is InChI=1S/C16H23N3O2/c1-12-3-2-4-13(9-12)10-16(21)19(11-15(17)20)14-5-7-18-8-6-14/h2-4,9,14,18H,5-8,10-11H2,1H3,(H2,17,20). The first-order valence-corrected chi connectivity index (χ1v) is 7.40. The zero-order valence-corrected chi connectivity index (χ0v) is 12.5. The maximum Gasteiger partial charge on any atom is 0.237 e. The van der Waals surface area contributed by atoms with Crippen LogP contribution in [0.5, 0.6) is 0 Å². The highest BCUT2D eigenvalue weighted by Gasteiger charge is 2.26. The molecule has 0 unspecified atom stereocenters. The largest absolute Gasteiger partial charge is 0.368 e. The number of benzene rings is 1. The number of carbonyl (C=O) groups is 2. The van der Waals surface area contributed by atoms with Crippen LogP contribution < -0.4 is 11.1 Å². The molecule has 3 N–H and O–H groups in total. The smallest absolute Gasteiger partial charge is 0.237 e. The Morgan fingerprint density at radius 1 is 1.33 bits per heavy atom. The summed E-state index contributed by atoms with van der Waals surface area (Å²) < 4.78 is 0. The third-order valence-electron chi connectivity index (χ3n) is 3.83. The van der Waals surface area contributed by atoms with E-state index in [-0.39, 0.29) is 18.5 Å². The van der Waals surface area contributed by atoms with E-state index in [2.05, 4.69) is 5.32 Å². The molecule has 2 amide bonds. The van der Waals surface area contributed by atoms with Gasteiger partial charge in [0.05, 0.1) is 13.0 Å². The molecule has 0 saturated carbocycles. The highest BCUT2D eigenvalue weighted by atomic mass is 16.2. The van der Waals surface area contributed by atoms with Crippen LogP contribution in [0.25, 0.3) is 0 Å². The van der Waals surface area contributed by atoms with Crippen LogP contribution in [0.2, 0.25) is 0 Å². The fourth-order valence-corrected chi connectivity index (χ4v) is 2.81. The molecule has 5 nitrogen and oxygen atoms in total. The van der Waals surface area contributed by atoms with Gasteiger partial charge in [0.15, 0.2) is 0 Å². The molecular formula is C16H23N3O2. The Morgan fingerprint density at radius 3 is 2.67 bits per heavy atom. The summed E-state index contributed by atoms with van der Waals surface area (Å²) in [6.07, 6.45) is 2.05. The summed E-state index contributed by atoms with van der Waals surface area (Å²) in [5.74, 6) is -0.475. The van der Waals surface area contributed by atoms with Crippen LogP contribution in [0.3, 0.4) is 0 Å². The lowest BCUT2D eigenvalue weighted by molar-refractivity contribution is -0.137. The number of nitrogens with zero attached hydrogens (tertiary/aromatic N) is 1. The Balaban J connectivity index is 2.07. The number of carbonyl (C=O) groups excluding carboxylic acids is 2. The molecule has 1 aliphatic rings. The van der Waals surface area contributed by atoms with Gasteiger partial charge >= 0.3 is 0 Å². The lowest BCUT2D eigenvalue weighted by atomic mass is 10.0. The maximum atomic E-state index is 12.6. The summed E-state index contributed by atoms with van der Waals surface area (Å²) in [6.45, 7) is 3.76. The Hall–Kier alpha value is -1.88. The average molecular weight is 289 g/mol. The highest BCUT2D eigenvalue weighted by molar-refractivity contribution is 5.85. The Bertz CT molecular complexity index is 510. The number of hydrogen-bond acceptors (Lipinski definition) is 3. The van der Waals surface area contributed by atoms with E-state index in [1.54, 1.807) is 4.90 Å². The minimum Gasteiger partial charge on any atom is -0.368 e. The molecule has 21 heavy (non-hydrogen) atoms. The fourth-order valence-electron chi connectivity index (χ4n) is 2.81. The minimum absolute atomic E-state index is 0.00924. The summed E-state index contributed by atoms with van der Waals surface area (Å²) in [6, 6.07) is 8.00. The van der Waals surface area contributed by atoms with Crippen LogP contribution in [0.4, 0.5) is 0 Å². The first-order valence-electron chi connectivity index (χ1n) is 7.40. The number of nitrogens with one attached hydrogen (secondary N) is 1. The maximum absolute atomic E-state index is 12.6. The summed E-state index contributed by atoms with van der Waals surface area (Å²) >= 11 is 0. The van der Waals surface area contributed by atoms with E-state index in [4.69, 9.17) is 5.73 Å². The lowest BCUT2D eigenvalue weighted by Gasteiger charge is -2.34. The third-order valence-corrected chi connectivity index (χ3v) is 3.83. The van der Waals surface area contributed by atoms with Gasteiger partial charge in [0.2, 0.25) is 11.8 Å². The number of piperidine rings is 1. The Labute approximate surface area is 125 Å². The summed E-state index contributed by atoms with van der Waals surface area (Å²) in [7, 11) is 0. The number of primary amides is 1. The quantitative estimate of drug-likeness (QED) is 0.833. The molecule has 0 aliphatic carbocycles. The monoisotopic (exact) mass is 289 g/mol. The first kappa shape index (κ1) is 15.5. The van der Waals surface area contributed by atoms with Gasteiger partial charge < -0.3 is 16.0 Å². The van der Waals surface area contributed by atoms with Gasteiger partial charge in [-0.05, 0) is 38.4 Å². The van der Waals surface area contributed by atoms with E-state index in [0.29, 0.717) is 6.42 Å². The molecular weight excluding hydrogens is 266 g/mol. The van der Waals surface area contributed by atoms with E-state index in [1.807, 2.05) is 31.2 Å². The SMILES string of the molecule is Cc1cccc(CC(=O)N(CC(N)=O)C2CCNCC2)c1. The van der Waals surface area contributed by atoms with Gasteiger partial charge in [0.25, 0.3) is 0 Å². The number of aryl methyl sites for hydroxylation is 1. The number of hydrogen-bond donors (Lipinski definition) is 2. The highest BCUT2D eigenvalue weighted by Crippen LogP contribution is 2.14. The molecule has 1 saturated heterocycles. The molecule has 1 aromatic carbocycles. The van der Waals surface area contributed by atoms with Crippen molar-refractivity contribution in [3.8, 4) is 0 Å². The molecule has 1 heterocycles. The Kier molecular flexibility index (Phi) is 5.33. The molecule has 0 aromatic heterocycles. The second-order valence-electron chi connectivity index (χ2n) is 5.63. The molecule has 0 bridgehead atoms. The van der Waals surface area contributed by atoms with E-state index in [9.17, 15) is 9.59 Å². The van der Waals surface area contributed by atoms with Crippen molar-refractivity contribution in [3.05, 3.63) is 35.4 Å². The summed E-state index contributed by atoms with van der Waals surface area (Å²) in [4.78, 5) is 25.5. The minimum atomic E-state index is -0.453. The van der Waals surface area contributed by atoms with Crippen molar-refractivity contribution in [2.45, 2.75) is 32.2 Å². The zero-order chi connectivity index (χ0) is 15.2. The van der Waals surface area contributed by atoms with Crippen LogP contribution in [-0.4, -0.2) is 42.4 Å². The van der Waals surface area contributed by atoms with Crippen molar-refractivity contribution >= 4 is 11.8 Å². The summed E-state index contributed by atoms with van der Waals surface area (Å²) in [5, 5.41) is 3.26. The number of rotatable bonds is 5. The summed E-state index contributed by atoms with van der Waals surface area (Å²) in [5.41, 5.74) is 7.41. The van der Waals surface area contributed by atoms with Gasteiger partial charge in [0, 0.05) is 6.04 Å². The topological polar surface area (TPSA) is 75.4 Å². The van der Waals surface area contributed by atoms with Crippen LogP contribution in [0, 0.1) is 6.92 Å². The van der Waals surface area contributed by atoms with Crippen LogP contribution in [-0.2, 0) is 16.0 Å². The van der Waals surface area contributed by atoms with Crippen molar-refractivity contribution in [1.29, 1.82) is 0 Å². The normalized spacial score (nSPS) is 15.7. The van der Waals surface area contributed by atoms with Gasteiger partial charge in [-0.1, -0.05) is 29.8 Å². The molecule has 5 heteroatoms. The molecule has 1 aliphatic heterocycles. The van der Waals surface area contributed by atoms with E-state index in [0.717, 1.165) is 37.1 Å². The molecule has 0 spiro atoms. The molecule has 1 aromatic rings. The van der Waals surface area contributed by atoms with Crippen molar-refractivity contribution in [2.24, 2.45) is 5.73 Å². The van der Waals surface area contributed by atoms with Crippen LogP contribution in [0.15, 0.2) is 24.3 Å². The van der Waals surface area contributed by atoms with Gasteiger partial charge in [-0.3, -0.25) is 9.59 Å². The van der Waals surface area contributed by atoms with E-state index < -0.39 is 5.91 Å². The second kappa shape index (κ2) is 7.22. The Morgan fingerprint density at radius 2 is 2.05 bits per heavy atom. The first-order chi connectivity index (χ1) is 10.1. The predicted octanol–water partition coefficient (Wildman–Crippen LogP) is 0.603. The van der Waals surface area contributed by atoms with E-state index >= 15 is 0 Å². The molecule has 0 atom stereocenters. The van der Waals surface area contributed by atoms with Crippen LogP contribution >= 0.6 is 0 Å². The average Bonchev–Trinajstić information content (AvgIpc) is 2.45. The fraction of sp³-hybridized carbons (Fsp3) is 0.500. The third kappa shape index (κ3) is 4.56. The van der Waals surface area contributed by atoms with E-state index in [1.165, 1.54) is 0 Å². The number of nitrogens with two attached hydrogens (primary N) is 1. The van der Waals surface area contributed by atoms with Crippen molar-refractivity contribution < 1.29 is 9.59 Å². The van der Waals surface area contributed by atoms with Gasteiger partial charge in [-0.2, -0.15) is 0 Å². The second-order valence-corrected chi connectivity index (χ2v) is 5.63. The molecule has 0 radical (unpaired) electrons. The molecule has 114 valence electrons. The van der Waals surface area contributed by atoms with Gasteiger partial charge in [0.1, 0.15) is 0 Å². The predicted molar refractivity (Wildman–Crippen MR) is 81.7 cm³/mol. The van der Waals surface area contributed by atoms with Crippen LogP contribution in [0.1, 0.15) is 24.0 Å². The lowest BCUT2D eigenvalue weighted by Crippen LogP contribution is -2.49. The molecule has 1 fully saturated rings. The van der Waals surface area contributed by atoms with Crippen molar-refractivity contribution in [1.82, 2.24) is 10.2 Å².